The number of anilines is 4. The molecule has 2 atom stereocenters. The number of carbonyl (C=O) groups excluding carboxylic acids is 2. The summed E-state index contributed by atoms with van der Waals surface area (Å²) in [6, 6.07) is 16.3. The number of rotatable bonds is 7. The third-order valence-corrected chi connectivity index (χ3v) is 5.99. The first-order chi connectivity index (χ1) is 17.3. The van der Waals surface area contributed by atoms with Gasteiger partial charge in [-0.25, -0.2) is 9.97 Å². The molecule has 0 unspecified atom stereocenters. The summed E-state index contributed by atoms with van der Waals surface area (Å²) < 4.78 is 0. The van der Waals surface area contributed by atoms with Crippen molar-refractivity contribution >= 4 is 34.8 Å². The molecule has 1 aliphatic heterocycles. The molecule has 10 heteroatoms. The Balaban J connectivity index is 1.36. The van der Waals surface area contributed by atoms with Gasteiger partial charge in [0.2, 0.25) is 17.8 Å². The fraction of sp³-hybridized carbons (Fsp3) is 0.308. The summed E-state index contributed by atoms with van der Waals surface area (Å²) in [5, 5.41) is 6.02. The number of benzene rings is 2. The number of aromatic nitrogens is 2. The molecule has 2 amide bonds. The average Bonchev–Trinajstić information content (AvgIpc) is 2.89. The van der Waals surface area contributed by atoms with Gasteiger partial charge in [-0.15, -0.1) is 0 Å². The van der Waals surface area contributed by atoms with E-state index in [0.29, 0.717) is 24.7 Å². The maximum absolute atomic E-state index is 12.1. The van der Waals surface area contributed by atoms with Crippen molar-refractivity contribution in [1.82, 2.24) is 14.9 Å². The third kappa shape index (κ3) is 6.15. The minimum absolute atomic E-state index is 0.000341. The molecule has 1 saturated heterocycles. The van der Waals surface area contributed by atoms with Crippen LogP contribution >= 0.6 is 0 Å². The van der Waals surface area contributed by atoms with E-state index in [4.69, 9.17) is 11.5 Å². The molecule has 188 valence electrons. The Hall–Kier alpha value is -4.02. The van der Waals surface area contributed by atoms with Crippen molar-refractivity contribution in [3.8, 4) is 11.3 Å². The van der Waals surface area contributed by atoms with E-state index in [2.05, 4.69) is 25.5 Å². The van der Waals surface area contributed by atoms with Gasteiger partial charge in [0.15, 0.2) is 0 Å². The van der Waals surface area contributed by atoms with Crippen LogP contribution in [0.4, 0.5) is 23.0 Å². The second kappa shape index (κ2) is 11.1. The molecule has 2 heterocycles. The normalized spacial score (nSPS) is 15.2. The van der Waals surface area contributed by atoms with Crippen molar-refractivity contribution in [3.63, 3.8) is 0 Å². The highest BCUT2D eigenvalue weighted by Crippen LogP contribution is 2.24. The van der Waals surface area contributed by atoms with Crippen LogP contribution in [-0.2, 0) is 9.59 Å². The molecule has 1 aliphatic rings. The maximum Gasteiger partial charge on any atom is 0.240 e. The zero-order valence-corrected chi connectivity index (χ0v) is 20.5. The van der Waals surface area contributed by atoms with Gasteiger partial charge in [-0.2, -0.15) is 0 Å². The van der Waals surface area contributed by atoms with Gasteiger partial charge in [0.25, 0.3) is 0 Å². The lowest BCUT2D eigenvalue weighted by atomic mass is 10.1. The predicted molar refractivity (Wildman–Crippen MR) is 142 cm³/mol. The van der Waals surface area contributed by atoms with Crippen LogP contribution in [0.25, 0.3) is 11.3 Å². The van der Waals surface area contributed by atoms with Crippen LogP contribution in [-0.4, -0.2) is 64.9 Å². The largest absolute Gasteiger partial charge is 0.368 e. The average molecular weight is 489 g/mol. The lowest BCUT2D eigenvalue weighted by Crippen LogP contribution is -2.52. The van der Waals surface area contributed by atoms with Gasteiger partial charge in [-0.1, -0.05) is 12.1 Å². The van der Waals surface area contributed by atoms with Crippen molar-refractivity contribution in [2.75, 3.05) is 41.7 Å². The van der Waals surface area contributed by atoms with E-state index in [1.54, 1.807) is 20.0 Å². The highest BCUT2D eigenvalue weighted by molar-refractivity contribution is 5.94. The van der Waals surface area contributed by atoms with E-state index < -0.39 is 12.1 Å². The van der Waals surface area contributed by atoms with Crippen LogP contribution in [0.3, 0.4) is 0 Å². The van der Waals surface area contributed by atoms with E-state index in [1.807, 2.05) is 59.5 Å². The Bertz CT molecular complexity index is 1190. The zero-order valence-electron chi connectivity index (χ0n) is 20.5. The molecule has 0 radical (unpaired) electrons. The topological polar surface area (TPSA) is 142 Å². The summed E-state index contributed by atoms with van der Waals surface area (Å²) in [6.07, 6.45) is 1.70. The van der Waals surface area contributed by atoms with E-state index in [-0.39, 0.29) is 11.8 Å². The molecular formula is C26H32N8O2. The molecular weight excluding hydrogens is 456 g/mol. The zero-order chi connectivity index (χ0) is 25.7. The number of amides is 2. The van der Waals surface area contributed by atoms with Crippen LogP contribution in [0.5, 0.6) is 0 Å². The summed E-state index contributed by atoms with van der Waals surface area (Å²) in [6.45, 7) is 6.23. The van der Waals surface area contributed by atoms with E-state index in [0.717, 1.165) is 35.7 Å². The predicted octanol–water partition coefficient (Wildman–Crippen LogP) is 2.17. The smallest absolute Gasteiger partial charge is 0.240 e. The summed E-state index contributed by atoms with van der Waals surface area (Å²) in [5.41, 5.74) is 15.6. The molecule has 2 aromatic carbocycles. The van der Waals surface area contributed by atoms with E-state index >= 15 is 0 Å². The van der Waals surface area contributed by atoms with Crippen LogP contribution < -0.4 is 27.0 Å². The number of carbonyl (C=O) groups is 2. The van der Waals surface area contributed by atoms with Crippen LogP contribution in [0, 0.1) is 0 Å². The van der Waals surface area contributed by atoms with Gasteiger partial charge < -0.3 is 31.9 Å². The van der Waals surface area contributed by atoms with Crippen LogP contribution in [0.1, 0.15) is 13.8 Å². The fourth-order valence-electron chi connectivity index (χ4n) is 3.92. The quantitative estimate of drug-likeness (QED) is 0.396. The first-order valence-corrected chi connectivity index (χ1v) is 12.0. The second-order valence-electron chi connectivity index (χ2n) is 8.89. The molecule has 0 bridgehead atoms. The van der Waals surface area contributed by atoms with E-state index in [1.165, 1.54) is 0 Å². The fourth-order valence-corrected chi connectivity index (χ4v) is 3.92. The van der Waals surface area contributed by atoms with Crippen LogP contribution in [0.2, 0.25) is 0 Å². The molecule has 0 aliphatic carbocycles. The molecule has 10 nitrogen and oxygen atoms in total. The summed E-state index contributed by atoms with van der Waals surface area (Å²) in [4.78, 5) is 36.9. The highest BCUT2D eigenvalue weighted by Gasteiger charge is 2.23. The maximum atomic E-state index is 12.1. The number of nitrogens with zero attached hydrogens (tertiary/aromatic N) is 4. The molecule has 3 aromatic rings. The van der Waals surface area contributed by atoms with E-state index in [9.17, 15) is 9.59 Å². The Kier molecular flexibility index (Phi) is 7.77. The number of hydrogen-bond acceptors (Lipinski definition) is 8. The first-order valence-electron chi connectivity index (χ1n) is 12.0. The minimum atomic E-state index is -0.574. The molecule has 4 rings (SSSR count). The standard InChI is InChI=1S/C26H32N8O2/c1-17(27)24(35)30-20-5-3-19(4-6-20)23-11-12-29-26(32-23)31-21-7-9-22(10-8-21)33-13-15-34(16-14-33)25(36)18(2)28/h3-12,17-18H,13-16,27-28H2,1-2H3,(H,30,35)(H,29,31,32)/t17-,18-/m1/s1. The Morgan fingerprint density at radius 2 is 1.50 bits per heavy atom. The van der Waals surface area contributed by atoms with Crippen molar-refractivity contribution in [1.29, 1.82) is 0 Å². The third-order valence-electron chi connectivity index (χ3n) is 5.99. The minimum Gasteiger partial charge on any atom is -0.368 e. The lowest BCUT2D eigenvalue weighted by Gasteiger charge is -2.36. The molecule has 1 aromatic heterocycles. The summed E-state index contributed by atoms with van der Waals surface area (Å²) >= 11 is 0. The Morgan fingerprint density at radius 1 is 0.861 bits per heavy atom. The second-order valence-corrected chi connectivity index (χ2v) is 8.89. The van der Waals surface area contributed by atoms with Gasteiger partial charge >= 0.3 is 0 Å². The van der Waals surface area contributed by atoms with Gasteiger partial charge in [-0.3, -0.25) is 9.59 Å². The van der Waals surface area contributed by atoms with Crippen molar-refractivity contribution in [2.24, 2.45) is 11.5 Å². The van der Waals surface area contributed by atoms with Crippen molar-refractivity contribution in [3.05, 3.63) is 60.8 Å². The van der Waals surface area contributed by atoms with Crippen molar-refractivity contribution in [2.45, 2.75) is 25.9 Å². The summed E-state index contributed by atoms with van der Waals surface area (Å²) in [7, 11) is 0. The number of nitrogens with two attached hydrogens (primary N) is 2. The van der Waals surface area contributed by atoms with Gasteiger partial charge in [0.05, 0.1) is 17.8 Å². The highest BCUT2D eigenvalue weighted by atomic mass is 16.2. The molecule has 36 heavy (non-hydrogen) atoms. The Labute approximate surface area is 210 Å². The molecule has 0 spiro atoms. The molecule has 6 N–H and O–H groups in total. The monoisotopic (exact) mass is 488 g/mol. The van der Waals surface area contributed by atoms with Gasteiger partial charge in [-0.05, 0) is 56.3 Å². The lowest BCUT2D eigenvalue weighted by molar-refractivity contribution is -0.132. The van der Waals surface area contributed by atoms with Crippen molar-refractivity contribution < 1.29 is 9.59 Å². The number of nitrogens with one attached hydrogen (secondary N) is 2. The molecule has 0 saturated carbocycles. The van der Waals surface area contributed by atoms with Gasteiger partial charge in [0, 0.05) is 55.0 Å². The molecule has 1 fully saturated rings. The summed E-state index contributed by atoms with van der Waals surface area (Å²) in [5.74, 6) is 0.249. The SMILES string of the molecule is C[C@@H](N)C(=O)Nc1ccc(-c2ccnc(Nc3ccc(N4CCN(C(=O)[C@@H](C)N)CC4)cc3)n2)cc1. The van der Waals surface area contributed by atoms with Crippen LogP contribution in [0.15, 0.2) is 60.8 Å². The number of piperazine rings is 1. The Morgan fingerprint density at radius 3 is 2.11 bits per heavy atom. The van der Waals surface area contributed by atoms with Gasteiger partial charge in [0.1, 0.15) is 0 Å². The number of hydrogen-bond donors (Lipinski definition) is 4. The first kappa shape index (κ1) is 25.1.